The van der Waals surface area contributed by atoms with Crippen molar-refractivity contribution < 1.29 is 28.6 Å². The Hall–Kier alpha value is -3.03. The summed E-state index contributed by atoms with van der Waals surface area (Å²) < 4.78 is 16.6. The summed E-state index contributed by atoms with van der Waals surface area (Å²) >= 11 is 0. The van der Waals surface area contributed by atoms with E-state index in [9.17, 15) is 14.4 Å². The summed E-state index contributed by atoms with van der Waals surface area (Å²) in [5.74, 6) is -0.552. The average molecular weight is 487 g/mol. The predicted octanol–water partition coefficient (Wildman–Crippen LogP) is 5.54. The first-order valence-electron chi connectivity index (χ1n) is 12.0. The van der Waals surface area contributed by atoms with Gasteiger partial charge in [0.15, 0.2) is 0 Å². The van der Waals surface area contributed by atoms with E-state index in [1.54, 1.807) is 41.5 Å². The normalized spacial score (nSPS) is 23.3. The van der Waals surface area contributed by atoms with Gasteiger partial charge in [0.05, 0.1) is 12.8 Å². The second-order valence-corrected chi connectivity index (χ2v) is 11.5. The molecule has 1 fully saturated rings. The van der Waals surface area contributed by atoms with Crippen LogP contribution >= 0.6 is 0 Å². The molecule has 0 aromatic heterocycles. The summed E-state index contributed by atoms with van der Waals surface area (Å²) in [5.41, 5.74) is 0.329. The Kier molecular flexibility index (Phi) is 6.99. The zero-order chi connectivity index (χ0) is 26.3. The number of carbonyl (C=O) groups is 3. The van der Waals surface area contributed by atoms with Gasteiger partial charge in [-0.15, -0.1) is 0 Å². The molecule has 0 unspecified atom stereocenters. The van der Waals surface area contributed by atoms with Gasteiger partial charge in [-0.2, -0.15) is 0 Å². The summed E-state index contributed by atoms with van der Waals surface area (Å²) in [6.45, 7) is 14.7. The molecule has 2 aliphatic heterocycles. The number of para-hydroxylation sites is 1. The van der Waals surface area contributed by atoms with Crippen molar-refractivity contribution >= 4 is 23.8 Å². The molecule has 0 saturated carbocycles. The van der Waals surface area contributed by atoms with Crippen molar-refractivity contribution in [3.8, 4) is 0 Å². The summed E-state index contributed by atoms with van der Waals surface area (Å²) in [5, 5.41) is 0. The van der Waals surface area contributed by atoms with Gasteiger partial charge in [0, 0.05) is 5.41 Å². The van der Waals surface area contributed by atoms with E-state index in [1.807, 2.05) is 38.1 Å². The number of ether oxygens (including phenoxy) is 3. The molecule has 192 valence electrons. The maximum atomic E-state index is 13.6. The minimum absolute atomic E-state index is 0.281. The zero-order valence-electron chi connectivity index (χ0n) is 22.3. The third kappa shape index (κ3) is 5.16. The van der Waals surface area contributed by atoms with Gasteiger partial charge in [-0.05, 0) is 79.9 Å². The Labute approximate surface area is 208 Å². The zero-order valence-corrected chi connectivity index (χ0v) is 22.3. The monoisotopic (exact) mass is 486 g/mol. The smallest absolute Gasteiger partial charge is 0.416 e. The van der Waals surface area contributed by atoms with Gasteiger partial charge >= 0.3 is 18.2 Å². The topological polar surface area (TPSA) is 85.4 Å². The van der Waals surface area contributed by atoms with Crippen LogP contribution in [0.4, 0.5) is 15.3 Å². The lowest BCUT2D eigenvalue weighted by atomic mass is 9.75. The van der Waals surface area contributed by atoms with Gasteiger partial charge in [0.1, 0.15) is 23.4 Å². The standard InChI is InChI=1S/C27H38N2O6/c1-17(2)14-15-27-16-20(21(30)33-9)29(24(32)35-26(6,7)8)22(27)28(23(31)34-25(3,4)5)19-13-11-10-12-18(19)27/h10-14,20,22H,15-16H2,1-9H3/t20-,22+,27+/m1/s1. The third-order valence-electron chi connectivity index (χ3n) is 6.14. The van der Waals surface area contributed by atoms with Crippen LogP contribution in [0.2, 0.25) is 0 Å². The van der Waals surface area contributed by atoms with Crippen molar-refractivity contribution in [3.63, 3.8) is 0 Å². The lowest BCUT2D eigenvalue weighted by Gasteiger charge is -2.38. The Bertz CT molecular complexity index is 1030. The molecule has 35 heavy (non-hydrogen) atoms. The van der Waals surface area contributed by atoms with Crippen LogP contribution in [0.1, 0.15) is 73.8 Å². The second kappa shape index (κ2) is 9.21. The van der Waals surface area contributed by atoms with Crippen LogP contribution in [-0.2, 0) is 24.4 Å². The highest BCUT2D eigenvalue weighted by Crippen LogP contribution is 2.57. The quantitative estimate of drug-likeness (QED) is 0.317. The Morgan fingerprint density at radius 2 is 1.57 bits per heavy atom. The van der Waals surface area contributed by atoms with Crippen molar-refractivity contribution in [3.05, 3.63) is 41.5 Å². The average Bonchev–Trinajstić information content (AvgIpc) is 3.19. The summed E-state index contributed by atoms with van der Waals surface area (Å²) in [7, 11) is 1.30. The van der Waals surface area contributed by atoms with Gasteiger partial charge in [-0.25, -0.2) is 14.4 Å². The molecule has 2 aliphatic rings. The predicted molar refractivity (Wildman–Crippen MR) is 133 cm³/mol. The van der Waals surface area contributed by atoms with Crippen molar-refractivity contribution in [1.82, 2.24) is 4.90 Å². The molecule has 1 aromatic carbocycles. The van der Waals surface area contributed by atoms with E-state index >= 15 is 0 Å². The number of allylic oxidation sites excluding steroid dienone is 2. The molecule has 0 radical (unpaired) electrons. The minimum Gasteiger partial charge on any atom is -0.467 e. The van der Waals surface area contributed by atoms with Crippen LogP contribution in [0.15, 0.2) is 35.9 Å². The molecule has 8 nitrogen and oxygen atoms in total. The first kappa shape index (κ1) is 26.6. The molecule has 1 aromatic rings. The number of rotatable bonds is 3. The maximum Gasteiger partial charge on any atom is 0.416 e. The van der Waals surface area contributed by atoms with Gasteiger partial charge in [0.25, 0.3) is 0 Å². The molecule has 8 heteroatoms. The highest BCUT2D eigenvalue weighted by molar-refractivity contribution is 5.95. The number of hydrogen-bond acceptors (Lipinski definition) is 6. The third-order valence-corrected chi connectivity index (χ3v) is 6.14. The van der Waals surface area contributed by atoms with Gasteiger partial charge in [-0.3, -0.25) is 9.80 Å². The van der Waals surface area contributed by atoms with E-state index in [-0.39, 0.29) is 6.42 Å². The molecule has 2 amide bonds. The summed E-state index contributed by atoms with van der Waals surface area (Å²) in [6, 6.07) is 6.63. The molecular formula is C27H38N2O6. The van der Waals surface area contributed by atoms with E-state index in [0.29, 0.717) is 12.1 Å². The first-order valence-corrected chi connectivity index (χ1v) is 12.0. The van der Waals surface area contributed by atoms with Crippen molar-refractivity contribution in [2.24, 2.45) is 0 Å². The number of methoxy groups -OCH3 is 1. The van der Waals surface area contributed by atoms with Crippen molar-refractivity contribution in [2.75, 3.05) is 12.0 Å². The van der Waals surface area contributed by atoms with Gasteiger partial charge in [0.2, 0.25) is 0 Å². The molecule has 0 spiro atoms. The molecule has 3 atom stereocenters. The van der Waals surface area contributed by atoms with Crippen LogP contribution in [0.5, 0.6) is 0 Å². The fourth-order valence-electron chi connectivity index (χ4n) is 4.91. The Morgan fingerprint density at radius 3 is 2.11 bits per heavy atom. The van der Waals surface area contributed by atoms with Gasteiger partial charge < -0.3 is 14.2 Å². The fourth-order valence-corrected chi connectivity index (χ4v) is 4.91. The Morgan fingerprint density at radius 1 is 1.00 bits per heavy atom. The number of nitrogens with zero attached hydrogens (tertiary/aromatic N) is 2. The maximum absolute atomic E-state index is 13.6. The Balaban J connectivity index is 2.27. The van der Waals surface area contributed by atoms with Crippen molar-refractivity contribution in [1.29, 1.82) is 0 Å². The number of amides is 2. The second-order valence-electron chi connectivity index (χ2n) is 11.5. The van der Waals surface area contributed by atoms with E-state index in [2.05, 4.69) is 6.08 Å². The fraction of sp³-hybridized carbons (Fsp3) is 0.593. The highest BCUT2D eigenvalue weighted by Gasteiger charge is 2.65. The van der Waals surface area contributed by atoms with Crippen LogP contribution in [0.25, 0.3) is 0 Å². The molecule has 0 N–H and O–H groups in total. The number of benzene rings is 1. The summed E-state index contributed by atoms with van der Waals surface area (Å²) in [6.07, 6.45) is 0.776. The number of anilines is 1. The highest BCUT2D eigenvalue weighted by atomic mass is 16.6. The number of esters is 1. The molecule has 0 bridgehead atoms. The number of hydrogen-bond donors (Lipinski definition) is 0. The molecular weight excluding hydrogens is 448 g/mol. The first-order chi connectivity index (χ1) is 16.1. The van der Waals surface area contributed by atoms with Crippen LogP contribution in [0, 0.1) is 0 Å². The molecule has 2 heterocycles. The lowest BCUT2D eigenvalue weighted by molar-refractivity contribution is -0.146. The van der Waals surface area contributed by atoms with E-state index in [4.69, 9.17) is 14.2 Å². The van der Waals surface area contributed by atoms with E-state index in [0.717, 1.165) is 11.1 Å². The van der Waals surface area contributed by atoms with Gasteiger partial charge in [-0.1, -0.05) is 29.8 Å². The minimum atomic E-state index is -0.927. The number of carbonyl (C=O) groups excluding carboxylic acids is 3. The molecule has 0 aliphatic carbocycles. The van der Waals surface area contributed by atoms with E-state index < -0.39 is 47.0 Å². The van der Waals surface area contributed by atoms with Crippen LogP contribution < -0.4 is 4.90 Å². The van der Waals surface area contributed by atoms with Crippen LogP contribution in [-0.4, -0.2) is 53.6 Å². The largest absolute Gasteiger partial charge is 0.467 e. The van der Waals surface area contributed by atoms with Crippen LogP contribution in [0.3, 0.4) is 0 Å². The summed E-state index contributed by atoms with van der Waals surface area (Å²) in [4.78, 5) is 43.1. The number of fused-ring (bicyclic) bond motifs is 3. The molecule has 3 rings (SSSR count). The van der Waals surface area contributed by atoms with E-state index in [1.165, 1.54) is 16.9 Å². The SMILES string of the molecule is COC(=O)[C@H]1C[C@@]2(CC=C(C)C)c3ccccc3N(C(=O)OC(C)(C)C)[C@H]2N1C(=O)OC(C)(C)C. The molecule has 1 saturated heterocycles. The number of likely N-dealkylation sites (tertiary alicyclic amines) is 1. The lowest BCUT2D eigenvalue weighted by Crippen LogP contribution is -2.57. The van der Waals surface area contributed by atoms with Crippen molar-refractivity contribution in [2.45, 2.75) is 97.1 Å².